The number of ether oxygens (including phenoxy) is 2. The third-order valence-electron chi connectivity index (χ3n) is 3.90. The highest BCUT2D eigenvalue weighted by atomic mass is 35.5. The van der Waals surface area contributed by atoms with Crippen molar-refractivity contribution < 1.29 is 23.9 Å². The molecule has 1 aromatic rings. The summed E-state index contributed by atoms with van der Waals surface area (Å²) in [4.78, 5) is 37.6. The van der Waals surface area contributed by atoms with Crippen molar-refractivity contribution in [2.45, 2.75) is 80.8 Å². The molecule has 0 aliphatic heterocycles. The summed E-state index contributed by atoms with van der Waals surface area (Å²) in [5.41, 5.74) is -1.36. The summed E-state index contributed by atoms with van der Waals surface area (Å²) in [6.45, 7) is 18.1. The van der Waals surface area contributed by atoms with E-state index >= 15 is 0 Å². The zero-order chi connectivity index (χ0) is 22.8. The summed E-state index contributed by atoms with van der Waals surface area (Å²) in [6.07, 6.45) is 0. The molecule has 0 aromatic heterocycles. The number of ketones is 1. The summed E-state index contributed by atoms with van der Waals surface area (Å²) in [5.74, 6) is -0.947. The van der Waals surface area contributed by atoms with E-state index in [1.807, 2.05) is 20.8 Å². The van der Waals surface area contributed by atoms with Crippen LogP contribution in [0.4, 0.5) is 0 Å². The van der Waals surface area contributed by atoms with Gasteiger partial charge in [-0.2, -0.15) is 0 Å². The van der Waals surface area contributed by atoms with Crippen LogP contribution in [-0.4, -0.2) is 29.3 Å². The number of carbonyl (C=O) groups excluding carboxylic acids is 3. The molecule has 0 saturated carbocycles. The van der Waals surface area contributed by atoms with Gasteiger partial charge in [-0.05, 0) is 87.4 Å². The van der Waals surface area contributed by atoms with Crippen LogP contribution in [0.5, 0.6) is 11.5 Å². The topological polar surface area (TPSA) is 81.7 Å². The third-order valence-corrected chi connectivity index (χ3v) is 3.90. The van der Waals surface area contributed by atoms with Gasteiger partial charge < -0.3 is 14.8 Å². The van der Waals surface area contributed by atoms with Crippen molar-refractivity contribution in [3.63, 3.8) is 0 Å². The molecule has 170 valence electrons. The van der Waals surface area contributed by atoms with Gasteiger partial charge in [-0.25, -0.2) is 0 Å². The maximum Gasteiger partial charge on any atom is 0.316 e. The Kier molecular flexibility index (Phi) is 9.29. The minimum atomic E-state index is -0.758. The lowest BCUT2D eigenvalue weighted by Gasteiger charge is -2.25. The normalized spacial score (nSPS) is 13.1. The first-order valence-corrected chi connectivity index (χ1v) is 9.82. The van der Waals surface area contributed by atoms with Gasteiger partial charge in [0.25, 0.3) is 0 Å². The van der Waals surface area contributed by atoms with Crippen molar-refractivity contribution in [1.82, 2.24) is 5.32 Å². The van der Waals surface area contributed by atoms with Crippen molar-refractivity contribution >= 4 is 30.1 Å². The Bertz CT molecular complexity index is 782. The Morgan fingerprint density at radius 3 is 1.63 bits per heavy atom. The molecule has 0 amide bonds. The fourth-order valence-corrected chi connectivity index (χ4v) is 2.30. The van der Waals surface area contributed by atoms with E-state index in [9.17, 15) is 14.4 Å². The van der Waals surface area contributed by atoms with E-state index in [2.05, 4.69) is 5.32 Å². The zero-order valence-electron chi connectivity index (χ0n) is 19.8. The number of carbonyl (C=O) groups is 3. The van der Waals surface area contributed by atoms with Crippen LogP contribution in [0.3, 0.4) is 0 Å². The molecular weight excluding hydrogens is 406 g/mol. The Hall–Kier alpha value is -1.92. The quantitative estimate of drug-likeness (QED) is 0.394. The summed E-state index contributed by atoms with van der Waals surface area (Å²) in [6, 6.07) is 4.08. The first-order chi connectivity index (χ1) is 12.9. The number of nitrogens with one attached hydrogen (secondary N) is 1. The highest BCUT2D eigenvalue weighted by Gasteiger charge is 2.29. The molecule has 1 aromatic carbocycles. The van der Waals surface area contributed by atoms with Gasteiger partial charge in [0, 0.05) is 11.1 Å². The maximum atomic E-state index is 12.8. The zero-order valence-corrected chi connectivity index (χ0v) is 20.6. The molecule has 1 atom stereocenters. The Balaban J connectivity index is 0.00000841. The number of hydrogen-bond acceptors (Lipinski definition) is 6. The number of halogens is 1. The van der Waals surface area contributed by atoms with Crippen LogP contribution in [0.15, 0.2) is 18.2 Å². The second-order valence-electron chi connectivity index (χ2n) is 10.4. The largest absolute Gasteiger partial charge is 0.422 e. The average molecular weight is 442 g/mol. The summed E-state index contributed by atoms with van der Waals surface area (Å²) in [7, 11) is 0. The Morgan fingerprint density at radius 2 is 1.23 bits per heavy atom. The van der Waals surface area contributed by atoms with Crippen LogP contribution < -0.4 is 14.8 Å². The molecule has 0 heterocycles. The second kappa shape index (κ2) is 9.92. The summed E-state index contributed by atoms with van der Waals surface area (Å²) < 4.78 is 11.0. The summed E-state index contributed by atoms with van der Waals surface area (Å²) in [5, 5.41) is 3.23. The smallest absolute Gasteiger partial charge is 0.316 e. The van der Waals surface area contributed by atoms with Crippen molar-refractivity contribution in [2.75, 3.05) is 0 Å². The lowest BCUT2D eigenvalue weighted by Crippen LogP contribution is -2.46. The number of esters is 2. The van der Waals surface area contributed by atoms with E-state index in [4.69, 9.17) is 9.47 Å². The van der Waals surface area contributed by atoms with Crippen LogP contribution in [-0.2, 0) is 9.59 Å². The summed E-state index contributed by atoms with van der Waals surface area (Å²) >= 11 is 0. The second-order valence-corrected chi connectivity index (χ2v) is 10.4. The number of hydrogen-bond donors (Lipinski definition) is 1. The first kappa shape index (κ1) is 28.1. The molecule has 30 heavy (non-hydrogen) atoms. The minimum Gasteiger partial charge on any atom is -0.422 e. The van der Waals surface area contributed by atoms with E-state index in [0.29, 0.717) is 5.56 Å². The first-order valence-electron chi connectivity index (χ1n) is 9.82. The molecule has 1 unspecified atom stereocenters. The SMILES string of the molecule is CC(NC(C)(C)C)C(=O)c1ccc(OC(=O)C(C)(C)C)c(OC(=O)C(C)(C)C)c1.Cl. The predicted molar refractivity (Wildman–Crippen MR) is 121 cm³/mol. The van der Waals surface area contributed by atoms with Crippen LogP contribution in [0, 0.1) is 10.8 Å². The van der Waals surface area contributed by atoms with Gasteiger partial charge in [0.2, 0.25) is 0 Å². The maximum absolute atomic E-state index is 12.8. The van der Waals surface area contributed by atoms with Gasteiger partial charge in [0.1, 0.15) is 0 Å². The van der Waals surface area contributed by atoms with E-state index < -0.39 is 28.8 Å². The van der Waals surface area contributed by atoms with Crippen molar-refractivity contribution in [2.24, 2.45) is 10.8 Å². The van der Waals surface area contributed by atoms with Crippen LogP contribution in [0.25, 0.3) is 0 Å². The molecule has 1 N–H and O–H groups in total. The Morgan fingerprint density at radius 1 is 0.800 bits per heavy atom. The van der Waals surface area contributed by atoms with Gasteiger partial charge in [0.15, 0.2) is 17.3 Å². The molecule has 0 aliphatic carbocycles. The molecule has 7 heteroatoms. The van der Waals surface area contributed by atoms with E-state index in [0.717, 1.165) is 0 Å². The predicted octanol–water partition coefficient (Wildman–Crippen LogP) is 4.97. The van der Waals surface area contributed by atoms with Crippen LogP contribution in [0.2, 0.25) is 0 Å². The van der Waals surface area contributed by atoms with E-state index in [1.165, 1.54) is 12.1 Å². The van der Waals surface area contributed by atoms with Crippen LogP contribution in [0.1, 0.15) is 79.6 Å². The minimum absolute atomic E-state index is 0. The van der Waals surface area contributed by atoms with Crippen molar-refractivity contribution in [3.05, 3.63) is 23.8 Å². The molecule has 0 fully saturated rings. The molecule has 0 bridgehead atoms. The molecule has 0 saturated heterocycles. The monoisotopic (exact) mass is 441 g/mol. The van der Waals surface area contributed by atoms with Crippen molar-refractivity contribution in [3.8, 4) is 11.5 Å². The van der Waals surface area contributed by atoms with Gasteiger partial charge in [-0.1, -0.05) is 0 Å². The number of rotatable bonds is 5. The molecule has 6 nitrogen and oxygen atoms in total. The lowest BCUT2D eigenvalue weighted by molar-refractivity contribution is -0.145. The molecule has 0 radical (unpaired) electrons. The molecule has 0 aliphatic rings. The fraction of sp³-hybridized carbons (Fsp3) is 0.609. The molecule has 1 rings (SSSR count). The average Bonchev–Trinajstić information content (AvgIpc) is 2.52. The van der Waals surface area contributed by atoms with Crippen molar-refractivity contribution in [1.29, 1.82) is 0 Å². The van der Waals surface area contributed by atoms with Gasteiger partial charge in [0.05, 0.1) is 16.9 Å². The van der Waals surface area contributed by atoms with E-state index in [-0.39, 0.29) is 35.2 Å². The van der Waals surface area contributed by atoms with Gasteiger partial charge in [-0.3, -0.25) is 14.4 Å². The standard InChI is InChI=1S/C23H35NO5.ClH/c1-14(24-23(8,9)10)18(25)15-11-12-16(28-19(26)21(2,3)4)17(13-15)29-20(27)22(5,6)7;/h11-14,24H,1-10H3;1H. The number of benzene rings is 1. The van der Waals surface area contributed by atoms with E-state index in [1.54, 1.807) is 54.5 Å². The highest BCUT2D eigenvalue weighted by Crippen LogP contribution is 2.33. The van der Waals surface area contributed by atoms with Gasteiger partial charge >= 0.3 is 11.9 Å². The fourth-order valence-electron chi connectivity index (χ4n) is 2.30. The molecular formula is C23H36ClNO5. The Labute approximate surface area is 186 Å². The highest BCUT2D eigenvalue weighted by molar-refractivity contribution is 6.00. The van der Waals surface area contributed by atoms with Crippen LogP contribution >= 0.6 is 12.4 Å². The number of Topliss-reactive ketones (excluding diaryl/α,β-unsaturated/α-hetero) is 1. The van der Waals surface area contributed by atoms with Gasteiger partial charge in [-0.15, -0.1) is 12.4 Å². The molecule has 0 spiro atoms. The third kappa shape index (κ3) is 8.44. The lowest BCUT2D eigenvalue weighted by atomic mass is 9.97.